The third kappa shape index (κ3) is 5.07. The second-order valence-electron chi connectivity index (χ2n) is 6.86. The quantitative estimate of drug-likeness (QED) is 0.878. The number of aryl methyl sites for hydroxylation is 1. The second kappa shape index (κ2) is 8.17. The van der Waals surface area contributed by atoms with Gasteiger partial charge in [0.15, 0.2) is 0 Å². The van der Waals surface area contributed by atoms with Crippen LogP contribution in [0, 0.1) is 6.92 Å². The smallest absolute Gasteiger partial charge is 0.251 e. The SMILES string of the molecule is Cc1cccc(COc2cccc(C(=O)NC3CCNC(C)C3)c2)c1. The maximum Gasteiger partial charge on any atom is 0.251 e. The van der Waals surface area contributed by atoms with Gasteiger partial charge in [0.1, 0.15) is 12.4 Å². The lowest BCUT2D eigenvalue weighted by molar-refractivity contribution is 0.0925. The second-order valence-corrected chi connectivity index (χ2v) is 6.86. The molecule has 3 rings (SSSR count). The van der Waals surface area contributed by atoms with Crippen molar-refractivity contribution in [3.05, 3.63) is 65.2 Å². The van der Waals surface area contributed by atoms with Gasteiger partial charge in [0.2, 0.25) is 0 Å². The fraction of sp³-hybridized carbons (Fsp3) is 0.381. The molecular formula is C21H26N2O2. The van der Waals surface area contributed by atoms with Crippen LogP contribution in [0.1, 0.15) is 41.3 Å². The highest BCUT2D eigenvalue weighted by atomic mass is 16.5. The van der Waals surface area contributed by atoms with E-state index >= 15 is 0 Å². The molecule has 2 aromatic carbocycles. The molecule has 1 heterocycles. The van der Waals surface area contributed by atoms with E-state index in [1.807, 2.05) is 36.4 Å². The van der Waals surface area contributed by atoms with Gasteiger partial charge < -0.3 is 15.4 Å². The van der Waals surface area contributed by atoms with E-state index in [9.17, 15) is 4.79 Å². The minimum Gasteiger partial charge on any atom is -0.489 e. The van der Waals surface area contributed by atoms with E-state index < -0.39 is 0 Å². The summed E-state index contributed by atoms with van der Waals surface area (Å²) in [7, 11) is 0. The molecule has 2 aromatic rings. The van der Waals surface area contributed by atoms with E-state index in [4.69, 9.17) is 4.74 Å². The average Bonchev–Trinajstić information content (AvgIpc) is 2.60. The predicted octanol–water partition coefficient (Wildman–Crippen LogP) is 3.44. The first kappa shape index (κ1) is 17.5. The zero-order chi connectivity index (χ0) is 17.6. The highest BCUT2D eigenvalue weighted by Gasteiger charge is 2.20. The minimum atomic E-state index is -0.0277. The third-order valence-electron chi connectivity index (χ3n) is 4.54. The number of hydrogen-bond acceptors (Lipinski definition) is 3. The van der Waals surface area contributed by atoms with Crippen LogP contribution in [-0.2, 0) is 6.61 Å². The maximum absolute atomic E-state index is 12.5. The van der Waals surface area contributed by atoms with E-state index in [1.165, 1.54) is 5.56 Å². The number of rotatable bonds is 5. The van der Waals surface area contributed by atoms with Crippen LogP contribution in [0.5, 0.6) is 5.75 Å². The highest BCUT2D eigenvalue weighted by molar-refractivity contribution is 5.94. The van der Waals surface area contributed by atoms with Crippen molar-refractivity contribution in [2.24, 2.45) is 0 Å². The van der Waals surface area contributed by atoms with Crippen molar-refractivity contribution >= 4 is 5.91 Å². The van der Waals surface area contributed by atoms with Gasteiger partial charge >= 0.3 is 0 Å². The van der Waals surface area contributed by atoms with Crippen LogP contribution in [0.3, 0.4) is 0 Å². The number of ether oxygens (including phenoxy) is 1. The molecule has 2 atom stereocenters. The molecule has 4 heteroatoms. The predicted molar refractivity (Wildman–Crippen MR) is 99.9 cm³/mol. The molecule has 2 unspecified atom stereocenters. The normalized spacial score (nSPS) is 20.1. The summed E-state index contributed by atoms with van der Waals surface area (Å²) in [5.41, 5.74) is 2.98. The van der Waals surface area contributed by atoms with Gasteiger partial charge in [-0.1, -0.05) is 35.9 Å². The van der Waals surface area contributed by atoms with Crippen molar-refractivity contribution in [1.29, 1.82) is 0 Å². The Morgan fingerprint density at radius 3 is 2.88 bits per heavy atom. The Morgan fingerprint density at radius 1 is 1.24 bits per heavy atom. The Labute approximate surface area is 149 Å². The number of piperidine rings is 1. The third-order valence-corrected chi connectivity index (χ3v) is 4.54. The number of carbonyl (C=O) groups is 1. The summed E-state index contributed by atoms with van der Waals surface area (Å²) in [5, 5.41) is 6.54. The van der Waals surface area contributed by atoms with Crippen LogP contribution >= 0.6 is 0 Å². The zero-order valence-electron chi connectivity index (χ0n) is 14.9. The minimum absolute atomic E-state index is 0.0277. The number of carbonyl (C=O) groups excluding carboxylic acids is 1. The summed E-state index contributed by atoms with van der Waals surface area (Å²) < 4.78 is 5.85. The Bertz CT molecular complexity index is 729. The first-order valence-corrected chi connectivity index (χ1v) is 8.93. The molecular weight excluding hydrogens is 312 g/mol. The Kier molecular flexibility index (Phi) is 5.71. The first-order chi connectivity index (χ1) is 12.1. The first-order valence-electron chi connectivity index (χ1n) is 8.93. The van der Waals surface area contributed by atoms with Gasteiger partial charge in [0.25, 0.3) is 5.91 Å². The van der Waals surface area contributed by atoms with Crippen molar-refractivity contribution in [3.63, 3.8) is 0 Å². The molecule has 0 bridgehead atoms. The van der Waals surface area contributed by atoms with Crippen LogP contribution in [0.2, 0.25) is 0 Å². The number of benzene rings is 2. The molecule has 1 amide bonds. The van der Waals surface area contributed by atoms with Crippen LogP contribution in [0.25, 0.3) is 0 Å². The summed E-state index contributed by atoms with van der Waals surface area (Å²) in [4.78, 5) is 12.5. The summed E-state index contributed by atoms with van der Waals surface area (Å²) >= 11 is 0. The van der Waals surface area contributed by atoms with Crippen molar-refractivity contribution < 1.29 is 9.53 Å². The molecule has 1 aliphatic rings. The van der Waals surface area contributed by atoms with Crippen molar-refractivity contribution in [3.8, 4) is 5.75 Å². The summed E-state index contributed by atoms with van der Waals surface area (Å²) in [6.07, 6.45) is 1.94. The fourth-order valence-corrected chi connectivity index (χ4v) is 3.23. The van der Waals surface area contributed by atoms with Gasteiger partial charge in [-0.15, -0.1) is 0 Å². The Hall–Kier alpha value is -2.33. The van der Waals surface area contributed by atoms with Crippen molar-refractivity contribution in [2.45, 2.75) is 45.4 Å². The van der Waals surface area contributed by atoms with E-state index in [0.717, 1.165) is 24.9 Å². The molecule has 0 saturated carbocycles. The van der Waals surface area contributed by atoms with Crippen LogP contribution < -0.4 is 15.4 Å². The number of nitrogens with one attached hydrogen (secondary N) is 2. The summed E-state index contributed by atoms with van der Waals surface area (Å²) in [6, 6.07) is 16.3. The maximum atomic E-state index is 12.5. The molecule has 0 spiro atoms. The van der Waals surface area contributed by atoms with Gasteiger partial charge in [0, 0.05) is 17.6 Å². The lowest BCUT2D eigenvalue weighted by atomic mass is 10.0. The molecule has 2 N–H and O–H groups in total. The molecule has 0 radical (unpaired) electrons. The number of hydrogen-bond donors (Lipinski definition) is 2. The average molecular weight is 338 g/mol. The zero-order valence-corrected chi connectivity index (χ0v) is 14.9. The van der Waals surface area contributed by atoms with Gasteiger partial charge in [0.05, 0.1) is 0 Å². The molecule has 132 valence electrons. The topological polar surface area (TPSA) is 50.4 Å². The number of amides is 1. The van der Waals surface area contributed by atoms with Crippen molar-refractivity contribution in [1.82, 2.24) is 10.6 Å². The van der Waals surface area contributed by atoms with Gasteiger partial charge in [-0.25, -0.2) is 0 Å². The molecule has 4 nitrogen and oxygen atoms in total. The molecule has 1 aliphatic heterocycles. The molecule has 1 fully saturated rings. The van der Waals surface area contributed by atoms with Gasteiger partial charge in [-0.3, -0.25) is 4.79 Å². The molecule has 25 heavy (non-hydrogen) atoms. The van der Waals surface area contributed by atoms with E-state index in [0.29, 0.717) is 24.0 Å². The standard InChI is InChI=1S/C21H26N2O2/c1-15-5-3-6-17(11-15)14-25-20-8-4-7-18(13-20)21(24)23-19-9-10-22-16(2)12-19/h3-8,11,13,16,19,22H,9-10,12,14H2,1-2H3,(H,23,24). The van der Waals surface area contributed by atoms with Crippen LogP contribution in [0.4, 0.5) is 0 Å². The molecule has 0 aliphatic carbocycles. The monoisotopic (exact) mass is 338 g/mol. The van der Waals surface area contributed by atoms with Gasteiger partial charge in [-0.05, 0) is 57.0 Å². The molecule has 1 saturated heterocycles. The van der Waals surface area contributed by atoms with E-state index in [-0.39, 0.29) is 11.9 Å². The van der Waals surface area contributed by atoms with Crippen molar-refractivity contribution in [2.75, 3.05) is 6.54 Å². The summed E-state index contributed by atoms with van der Waals surface area (Å²) in [5.74, 6) is 0.688. The highest BCUT2D eigenvalue weighted by Crippen LogP contribution is 2.17. The van der Waals surface area contributed by atoms with E-state index in [2.05, 4.69) is 36.6 Å². The lowest BCUT2D eigenvalue weighted by Crippen LogP contribution is -2.46. The van der Waals surface area contributed by atoms with E-state index in [1.54, 1.807) is 0 Å². The van der Waals surface area contributed by atoms with Gasteiger partial charge in [-0.2, -0.15) is 0 Å². The fourth-order valence-electron chi connectivity index (χ4n) is 3.23. The Balaban J connectivity index is 1.59. The summed E-state index contributed by atoms with van der Waals surface area (Å²) in [6.45, 7) is 5.67. The van der Waals surface area contributed by atoms with Crippen LogP contribution in [0.15, 0.2) is 48.5 Å². The lowest BCUT2D eigenvalue weighted by Gasteiger charge is -2.28. The van der Waals surface area contributed by atoms with Crippen LogP contribution in [-0.4, -0.2) is 24.5 Å². The Morgan fingerprint density at radius 2 is 2.08 bits per heavy atom. The molecule has 0 aromatic heterocycles. The largest absolute Gasteiger partial charge is 0.489 e.